The second kappa shape index (κ2) is 6.23. The lowest BCUT2D eigenvalue weighted by atomic mass is 10.0. The molecule has 0 bridgehead atoms. The van der Waals surface area contributed by atoms with Crippen molar-refractivity contribution in [2.24, 2.45) is 5.73 Å². The molecule has 0 aliphatic rings. The summed E-state index contributed by atoms with van der Waals surface area (Å²) in [6.45, 7) is -0.220. The van der Waals surface area contributed by atoms with E-state index in [2.05, 4.69) is 0 Å². The molecule has 0 aromatic heterocycles. The van der Waals surface area contributed by atoms with Crippen LogP contribution >= 0.6 is 24.0 Å². The zero-order valence-corrected chi connectivity index (χ0v) is 9.29. The van der Waals surface area contributed by atoms with Crippen LogP contribution in [0.3, 0.4) is 0 Å². The van der Waals surface area contributed by atoms with Crippen LogP contribution in [0.25, 0.3) is 0 Å². The number of aliphatic hydroxyl groups excluding tert-OH is 1. The van der Waals surface area contributed by atoms with E-state index >= 15 is 0 Å². The van der Waals surface area contributed by atoms with Crippen molar-refractivity contribution >= 4 is 24.0 Å². The van der Waals surface area contributed by atoms with Crippen LogP contribution in [-0.2, 0) is 0 Å². The minimum Gasteiger partial charge on any atom is -0.396 e. The minimum absolute atomic E-state index is 0. The van der Waals surface area contributed by atoms with E-state index in [0.29, 0.717) is 0 Å². The molecule has 15 heavy (non-hydrogen) atoms. The van der Waals surface area contributed by atoms with E-state index in [-0.39, 0.29) is 36.0 Å². The molecule has 1 rings (SSSR count). The Hall–Kier alpha value is -0.420. The molecule has 2 nitrogen and oxygen atoms in total. The summed E-state index contributed by atoms with van der Waals surface area (Å²) < 4.78 is 26.4. The molecule has 86 valence electrons. The number of hydrogen-bond acceptors (Lipinski definition) is 2. The van der Waals surface area contributed by atoms with Crippen molar-refractivity contribution in [3.8, 4) is 0 Å². The van der Waals surface area contributed by atoms with Gasteiger partial charge in [-0.1, -0.05) is 11.6 Å². The van der Waals surface area contributed by atoms with Crippen LogP contribution in [0.4, 0.5) is 8.78 Å². The molecule has 1 aromatic carbocycles. The largest absolute Gasteiger partial charge is 0.396 e. The van der Waals surface area contributed by atoms with E-state index in [1.54, 1.807) is 0 Å². The molecule has 0 radical (unpaired) electrons. The third-order valence-corrected chi connectivity index (χ3v) is 2.07. The molecular formula is C9H11Cl2F2NO. The summed E-state index contributed by atoms with van der Waals surface area (Å²) in [4.78, 5) is 0. The molecule has 0 heterocycles. The molecule has 1 aromatic rings. The van der Waals surface area contributed by atoms with E-state index in [1.165, 1.54) is 0 Å². The smallest absolute Gasteiger partial charge is 0.132 e. The average molecular weight is 258 g/mol. The quantitative estimate of drug-likeness (QED) is 0.874. The van der Waals surface area contributed by atoms with Crippen molar-refractivity contribution in [3.05, 3.63) is 34.4 Å². The number of hydrogen-bond donors (Lipinski definition) is 2. The highest BCUT2D eigenvalue weighted by molar-refractivity contribution is 6.30. The van der Waals surface area contributed by atoms with Gasteiger partial charge in [-0.25, -0.2) is 8.78 Å². The van der Waals surface area contributed by atoms with Crippen molar-refractivity contribution in [2.45, 2.75) is 12.5 Å². The summed E-state index contributed by atoms with van der Waals surface area (Å²) in [6, 6.07) is 1.14. The van der Waals surface area contributed by atoms with Crippen LogP contribution in [0, 0.1) is 11.6 Å². The fraction of sp³-hybridized carbons (Fsp3) is 0.333. The summed E-state index contributed by atoms with van der Waals surface area (Å²) in [5.74, 6) is -1.56. The molecule has 0 saturated carbocycles. The highest BCUT2D eigenvalue weighted by Gasteiger charge is 2.17. The lowest BCUT2D eigenvalue weighted by molar-refractivity contribution is 0.274. The van der Waals surface area contributed by atoms with Crippen molar-refractivity contribution < 1.29 is 13.9 Å². The topological polar surface area (TPSA) is 46.2 Å². The van der Waals surface area contributed by atoms with E-state index in [0.717, 1.165) is 12.1 Å². The summed E-state index contributed by atoms with van der Waals surface area (Å²) in [7, 11) is 0. The number of nitrogens with two attached hydrogens (primary N) is 1. The van der Waals surface area contributed by atoms with Gasteiger partial charge in [0.1, 0.15) is 11.6 Å². The summed E-state index contributed by atoms with van der Waals surface area (Å²) in [5, 5.41) is 8.57. The lowest BCUT2D eigenvalue weighted by Gasteiger charge is -2.12. The zero-order valence-electron chi connectivity index (χ0n) is 7.71. The Bertz CT molecular complexity index is 313. The molecular weight excluding hydrogens is 247 g/mol. The second-order valence-electron chi connectivity index (χ2n) is 2.90. The molecule has 6 heteroatoms. The van der Waals surface area contributed by atoms with Crippen LogP contribution in [0.5, 0.6) is 0 Å². The average Bonchev–Trinajstić information content (AvgIpc) is 2.01. The van der Waals surface area contributed by atoms with E-state index < -0.39 is 17.7 Å². The van der Waals surface area contributed by atoms with Gasteiger partial charge in [-0.3, -0.25) is 0 Å². The van der Waals surface area contributed by atoms with Gasteiger partial charge >= 0.3 is 0 Å². The van der Waals surface area contributed by atoms with Crippen molar-refractivity contribution in [1.29, 1.82) is 0 Å². The van der Waals surface area contributed by atoms with Crippen molar-refractivity contribution in [3.63, 3.8) is 0 Å². The van der Waals surface area contributed by atoms with Gasteiger partial charge in [0.15, 0.2) is 0 Å². The Labute approximate surface area is 97.4 Å². The first-order valence-electron chi connectivity index (χ1n) is 4.07. The fourth-order valence-electron chi connectivity index (χ4n) is 1.19. The van der Waals surface area contributed by atoms with Gasteiger partial charge in [0, 0.05) is 23.2 Å². The Kier molecular flexibility index (Phi) is 6.05. The maximum atomic E-state index is 13.2. The van der Waals surface area contributed by atoms with Gasteiger partial charge in [-0.05, 0) is 18.6 Å². The Morgan fingerprint density at radius 2 is 1.80 bits per heavy atom. The fourth-order valence-corrected chi connectivity index (χ4v) is 1.38. The Morgan fingerprint density at radius 3 is 2.20 bits per heavy atom. The SMILES string of the molecule is Cl.NC(CCO)c1c(F)cc(Cl)cc1F. The van der Waals surface area contributed by atoms with E-state index in [9.17, 15) is 8.78 Å². The second-order valence-corrected chi connectivity index (χ2v) is 3.34. The van der Waals surface area contributed by atoms with Gasteiger partial charge in [0.2, 0.25) is 0 Å². The first-order valence-corrected chi connectivity index (χ1v) is 4.45. The van der Waals surface area contributed by atoms with Crippen LogP contribution < -0.4 is 5.73 Å². The first kappa shape index (κ1) is 14.6. The number of aliphatic hydroxyl groups is 1. The van der Waals surface area contributed by atoms with Gasteiger partial charge < -0.3 is 10.8 Å². The minimum atomic E-state index is -0.850. The predicted molar refractivity (Wildman–Crippen MR) is 57.2 cm³/mol. The van der Waals surface area contributed by atoms with Crippen molar-refractivity contribution in [1.82, 2.24) is 0 Å². The first-order chi connectivity index (χ1) is 6.56. The highest BCUT2D eigenvalue weighted by Crippen LogP contribution is 2.24. The van der Waals surface area contributed by atoms with Crippen LogP contribution in [-0.4, -0.2) is 11.7 Å². The molecule has 1 atom stereocenters. The summed E-state index contributed by atoms with van der Waals surface area (Å²) >= 11 is 5.43. The number of benzene rings is 1. The molecule has 0 amide bonds. The predicted octanol–water partition coefficient (Wildman–Crippen LogP) is 2.42. The van der Waals surface area contributed by atoms with Gasteiger partial charge in [0.25, 0.3) is 0 Å². The molecule has 0 fully saturated rings. The normalized spacial score (nSPS) is 12.1. The highest BCUT2D eigenvalue weighted by atomic mass is 35.5. The summed E-state index contributed by atoms with van der Waals surface area (Å²) in [6.07, 6.45) is 0.107. The monoisotopic (exact) mass is 257 g/mol. The Morgan fingerprint density at radius 1 is 1.33 bits per heavy atom. The third-order valence-electron chi connectivity index (χ3n) is 1.85. The maximum Gasteiger partial charge on any atom is 0.132 e. The maximum absolute atomic E-state index is 13.2. The zero-order chi connectivity index (χ0) is 10.7. The van der Waals surface area contributed by atoms with E-state index in [4.69, 9.17) is 22.4 Å². The molecule has 0 aliphatic carbocycles. The Balaban J connectivity index is 0.00000196. The van der Waals surface area contributed by atoms with Gasteiger partial charge in [-0.15, -0.1) is 12.4 Å². The molecule has 0 saturated heterocycles. The van der Waals surface area contributed by atoms with Gasteiger partial charge in [-0.2, -0.15) is 0 Å². The molecule has 0 spiro atoms. The van der Waals surface area contributed by atoms with Crippen molar-refractivity contribution in [2.75, 3.05) is 6.61 Å². The third kappa shape index (κ3) is 3.57. The standard InChI is InChI=1S/C9H10ClF2NO.ClH/c10-5-3-6(11)9(7(12)4-5)8(13)1-2-14;/h3-4,8,14H,1-2,13H2;1H. The number of rotatable bonds is 3. The molecule has 0 aliphatic heterocycles. The summed E-state index contributed by atoms with van der Waals surface area (Å²) in [5.41, 5.74) is 5.24. The van der Waals surface area contributed by atoms with E-state index in [1.807, 2.05) is 0 Å². The molecule has 1 unspecified atom stereocenters. The van der Waals surface area contributed by atoms with Crippen LogP contribution in [0.1, 0.15) is 18.0 Å². The van der Waals surface area contributed by atoms with Gasteiger partial charge in [0.05, 0.1) is 0 Å². The van der Waals surface area contributed by atoms with Crippen LogP contribution in [0.2, 0.25) is 5.02 Å². The lowest BCUT2D eigenvalue weighted by Crippen LogP contribution is -2.15. The van der Waals surface area contributed by atoms with Crippen LogP contribution in [0.15, 0.2) is 12.1 Å². The number of halogens is 4. The molecule has 3 N–H and O–H groups in total.